The van der Waals surface area contributed by atoms with E-state index < -0.39 is 11.6 Å². The Morgan fingerprint density at radius 1 is 1.17 bits per heavy atom. The minimum absolute atomic E-state index is 0.234. The second kappa shape index (κ2) is 7.67. The van der Waals surface area contributed by atoms with Gasteiger partial charge in [0.25, 0.3) is 0 Å². The first kappa shape index (κ1) is 19.1. The van der Waals surface area contributed by atoms with Crippen molar-refractivity contribution in [2.75, 3.05) is 18.0 Å². The van der Waals surface area contributed by atoms with Gasteiger partial charge in [-0.3, -0.25) is 4.79 Å². The topological polar surface area (TPSA) is 83.6 Å². The summed E-state index contributed by atoms with van der Waals surface area (Å²) in [6.07, 6.45) is -0.283. The number of hydrogen-bond donors (Lipinski definition) is 1. The molecule has 0 spiro atoms. The molecule has 4 rings (SSSR count). The zero-order chi connectivity index (χ0) is 20.5. The van der Waals surface area contributed by atoms with E-state index in [0.717, 1.165) is 29.0 Å². The fraction of sp³-hybridized carbons (Fsp3) is 0.227. The molecule has 0 aliphatic heterocycles. The Morgan fingerprint density at radius 3 is 2.62 bits per heavy atom. The lowest BCUT2D eigenvalue weighted by molar-refractivity contribution is -0.136. The summed E-state index contributed by atoms with van der Waals surface area (Å²) in [4.78, 5) is 31.2. The molecule has 29 heavy (non-hydrogen) atoms. The summed E-state index contributed by atoms with van der Waals surface area (Å²) in [6.45, 7) is 5.75. The van der Waals surface area contributed by atoms with Gasteiger partial charge < -0.3 is 14.4 Å². The number of carboxylic acids is 1. The lowest BCUT2D eigenvalue weighted by Gasteiger charge is -2.21. The van der Waals surface area contributed by atoms with E-state index in [1.807, 2.05) is 36.4 Å². The second-order valence-electron chi connectivity index (χ2n) is 6.65. The first-order valence-corrected chi connectivity index (χ1v) is 10.3. The van der Waals surface area contributed by atoms with Crippen molar-refractivity contribution in [2.45, 2.75) is 20.3 Å². The number of para-hydroxylation sites is 1. The van der Waals surface area contributed by atoms with E-state index in [2.05, 4.69) is 23.7 Å². The van der Waals surface area contributed by atoms with Gasteiger partial charge in [0, 0.05) is 24.2 Å². The van der Waals surface area contributed by atoms with Crippen molar-refractivity contribution < 1.29 is 14.3 Å². The summed E-state index contributed by atoms with van der Waals surface area (Å²) in [5.74, 6) is -1.01. The average molecular weight is 408 g/mol. The minimum atomic E-state index is -1.01. The van der Waals surface area contributed by atoms with Crippen molar-refractivity contribution in [1.82, 2.24) is 4.98 Å². The molecule has 1 N–H and O–H groups in total. The van der Waals surface area contributed by atoms with Crippen molar-refractivity contribution in [3.05, 3.63) is 58.4 Å². The highest BCUT2D eigenvalue weighted by Crippen LogP contribution is 2.34. The Kier molecular flexibility index (Phi) is 5.07. The molecule has 0 bridgehead atoms. The van der Waals surface area contributed by atoms with Gasteiger partial charge in [-0.2, -0.15) is 0 Å². The Morgan fingerprint density at radius 2 is 1.93 bits per heavy atom. The molecule has 0 amide bonds. The van der Waals surface area contributed by atoms with Crippen molar-refractivity contribution in [3.63, 3.8) is 0 Å². The molecule has 6 nitrogen and oxygen atoms in total. The van der Waals surface area contributed by atoms with Gasteiger partial charge in [0.05, 0.1) is 16.6 Å². The quantitative estimate of drug-likeness (QED) is 0.472. The predicted molar refractivity (Wildman–Crippen MR) is 116 cm³/mol. The fourth-order valence-electron chi connectivity index (χ4n) is 3.57. The molecule has 0 radical (unpaired) electrons. The molecule has 0 fully saturated rings. The van der Waals surface area contributed by atoms with Crippen LogP contribution in [0.15, 0.2) is 51.7 Å². The Hall–Kier alpha value is -3.19. The molecule has 0 aliphatic rings. The van der Waals surface area contributed by atoms with E-state index in [4.69, 9.17) is 4.42 Å². The number of carbonyl (C=O) groups is 1. The maximum Gasteiger partial charge on any atom is 0.346 e. The van der Waals surface area contributed by atoms with Crippen LogP contribution in [0, 0.1) is 0 Å². The lowest BCUT2D eigenvalue weighted by Crippen LogP contribution is -2.21. The number of aromatic nitrogens is 1. The summed E-state index contributed by atoms with van der Waals surface area (Å²) in [5.41, 5.74) is 2.22. The highest BCUT2D eigenvalue weighted by Gasteiger charge is 2.22. The lowest BCUT2D eigenvalue weighted by atomic mass is 10.0. The normalized spacial score (nSPS) is 11.2. The summed E-state index contributed by atoms with van der Waals surface area (Å²) in [7, 11) is 0. The second-order valence-corrected chi connectivity index (χ2v) is 7.68. The molecule has 2 heterocycles. The van der Waals surface area contributed by atoms with Crippen LogP contribution in [-0.4, -0.2) is 29.1 Å². The third kappa shape index (κ3) is 3.49. The van der Waals surface area contributed by atoms with Crippen LogP contribution in [0.3, 0.4) is 0 Å². The smallest absolute Gasteiger partial charge is 0.346 e. The summed E-state index contributed by atoms with van der Waals surface area (Å²) < 4.78 is 6.50. The molecule has 2 aromatic heterocycles. The molecule has 0 saturated carbocycles. The van der Waals surface area contributed by atoms with Gasteiger partial charge in [0.1, 0.15) is 16.2 Å². The van der Waals surface area contributed by atoms with Gasteiger partial charge in [-0.25, -0.2) is 9.78 Å². The van der Waals surface area contributed by atoms with Gasteiger partial charge in [0.2, 0.25) is 0 Å². The fourth-order valence-corrected chi connectivity index (χ4v) is 4.59. The Labute approximate surface area is 171 Å². The van der Waals surface area contributed by atoms with Crippen molar-refractivity contribution in [3.8, 4) is 10.6 Å². The van der Waals surface area contributed by atoms with E-state index >= 15 is 0 Å². The molecule has 148 valence electrons. The van der Waals surface area contributed by atoms with Crippen molar-refractivity contribution in [2.24, 2.45) is 0 Å². The van der Waals surface area contributed by atoms with E-state index in [9.17, 15) is 14.7 Å². The van der Waals surface area contributed by atoms with Crippen LogP contribution in [0.1, 0.15) is 19.4 Å². The van der Waals surface area contributed by atoms with Crippen molar-refractivity contribution >= 4 is 44.2 Å². The SMILES string of the molecule is CCN(CC)c1ccc2oc(=O)c(-c3nc4ccccc4s3)c(CC(=O)O)c2c1. The number of fused-ring (bicyclic) bond motifs is 2. The van der Waals surface area contributed by atoms with Gasteiger partial charge in [-0.1, -0.05) is 12.1 Å². The zero-order valence-corrected chi connectivity index (χ0v) is 17.0. The number of hydrogen-bond acceptors (Lipinski definition) is 6. The van der Waals surface area contributed by atoms with Crippen LogP contribution < -0.4 is 10.5 Å². The van der Waals surface area contributed by atoms with Gasteiger partial charge in [-0.05, 0) is 49.7 Å². The number of carboxylic acid groups (broad SMARTS) is 1. The maximum absolute atomic E-state index is 12.8. The van der Waals surface area contributed by atoms with Crippen LogP contribution in [-0.2, 0) is 11.2 Å². The van der Waals surface area contributed by atoms with E-state index in [0.29, 0.717) is 21.5 Å². The van der Waals surface area contributed by atoms with Gasteiger partial charge >= 0.3 is 11.6 Å². The average Bonchev–Trinajstić information content (AvgIpc) is 3.12. The zero-order valence-electron chi connectivity index (χ0n) is 16.1. The molecule has 0 saturated heterocycles. The van der Waals surface area contributed by atoms with E-state index in [1.54, 1.807) is 6.07 Å². The number of thiazole rings is 1. The number of rotatable bonds is 6. The Bertz CT molecular complexity index is 1240. The molecular formula is C22H20N2O4S. The Balaban J connectivity index is 2.02. The molecule has 0 atom stereocenters. The first-order chi connectivity index (χ1) is 14.0. The van der Waals surface area contributed by atoms with E-state index in [1.165, 1.54) is 11.3 Å². The van der Waals surface area contributed by atoms with Crippen LogP contribution in [0.25, 0.3) is 31.8 Å². The molecule has 4 aromatic rings. The summed E-state index contributed by atoms with van der Waals surface area (Å²) in [5, 5.41) is 10.6. The van der Waals surface area contributed by atoms with Crippen LogP contribution in [0.5, 0.6) is 0 Å². The third-order valence-electron chi connectivity index (χ3n) is 4.96. The van der Waals surface area contributed by atoms with Crippen LogP contribution >= 0.6 is 11.3 Å². The number of aliphatic carboxylic acids is 1. The summed E-state index contributed by atoms with van der Waals surface area (Å²) >= 11 is 1.36. The molecule has 0 unspecified atom stereocenters. The number of nitrogens with zero attached hydrogens (tertiary/aromatic N) is 2. The van der Waals surface area contributed by atoms with Gasteiger partial charge in [0.15, 0.2) is 0 Å². The molecule has 2 aromatic carbocycles. The highest BCUT2D eigenvalue weighted by molar-refractivity contribution is 7.21. The first-order valence-electron chi connectivity index (χ1n) is 9.44. The molecule has 0 aliphatic carbocycles. The number of benzene rings is 2. The molecule has 7 heteroatoms. The largest absolute Gasteiger partial charge is 0.481 e. The maximum atomic E-state index is 12.8. The summed E-state index contributed by atoms with van der Waals surface area (Å²) in [6, 6.07) is 13.1. The number of anilines is 1. The van der Waals surface area contributed by atoms with Crippen LogP contribution in [0.2, 0.25) is 0 Å². The molecular weight excluding hydrogens is 388 g/mol. The van der Waals surface area contributed by atoms with Crippen molar-refractivity contribution in [1.29, 1.82) is 0 Å². The van der Waals surface area contributed by atoms with Crippen LogP contribution in [0.4, 0.5) is 5.69 Å². The minimum Gasteiger partial charge on any atom is -0.481 e. The third-order valence-corrected chi connectivity index (χ3v) is 6.02. The predicted octanol–water partition coefficient (Wildman–Crippen LogP) is 4.54. The standard InChI is InChI=1S/C22H20N2O4S/c1-3-24(4-2)13-9-10-17-14(11-13)15(12-19(25)26)20(22(27)28-17)21-23-16-7-5-6-8-18(16)29-21/h5-11H,3-4,12H2,1-2H3,(H,25,26). The van der Waals surface area contributed by atoms with Gasteiger partial charge in [-0.15, -0.1) is 11.3 Å². The van der Waals surface area contributed by atoms with E-state index in [-0.39, 0.29) is 12.0 Å². The highest BCUT2D eigenvalue weighted by atomic mass is 32.1. The monoisotopic (exact) mass is 408 g/mol.